The zero-order valence-electron chi connectivity index (χ0n) is 54.7. The zero-order valence-corrected chi connectivity index (χ0v) is 54.7. The lowest BCUT2D eigenvalue weighted by molar-refractivity contribution is -0.206. The predicted molar refractivity (Wildman–Crippen MR) is 351 cm³/mol. The topological polar surface area (TPSA) is 80.9 Å². The van der Waals surface area contributed by atoms with Crippen molar-refractivity contribution >= 4 is 0 Å². The van der Waals surface area contributed by atoms with E-state index in [0.717, 1.165) is 298 Å². The van der Waals surface area contributed by atoms with E-state index in [1.54, 1.807) is 0 Å². The monoisotopic (exact) mass is 1110 g/mol. The molecule has 0 heterocycles. The highest BCUT2D eigenvalue weighted by Gasteiger charge is 2.60. The second kappa shape index (κ2) is 38.6. The van der Waals surface area contributed by atoms with Gasteiger partial charge < -0.3 is 20.4 Å². The van der Waals surface area contributed by atoms with Gasteiger partial charge in [0, 0.05) is 0 Å². The van der Waals surface area contributed by atoms with E-state index in [1.165, 1.54) is 22.3 Å². The van der Waals surface area contributed by atoms with Crippen LogP contribution in [0.25, 0.3) is 0 Å². The zero-order chi connectivity index (χ0) is 59.2. The van der Waals surface area contributed by atoms with Gasteiger partial charge in [0.1, 0.15) is 0 Å². The third-order valence-electron chi connectivity index (χ3n) is 18.3. The molecule has 4 atom stereocenters. The van der Waals surface area contributed by atoms with Gasteiger partial charge in [0.2, 0.25) is 0 Å². The minimum Gasteiger partial charge on any atom is -0.387 e. The first-order valence-electron chi connectivity index (χ1n) is 34.7. The molecule has 0 fully saturated rings. The first-order chi connectivity index (χ1) is 39.4. The van der Waals surface area contributed by atoms with Gasteiger partial charge in [0.15, 0.2) is 0 Å². The van der Waals surface area contributed by atoms with E-state index in [4.69, 9.17) is 0 Å². The van der Waals surface area contributed by atoms with Crippen LogP contribution in [0.4, 0.5) is 0 Å². The van der Waals surface area contributed by atoms with Crippen LogP contribution < -0.4 is 0 Å². The summed E-state index contributed by atoms with van der Waals surface area (Å²) in [6.07, 6.45) is 28.7. The second-order valence-electron chi connectivity index (χ2n) is 25.2. The molecule has 0 aliphatic heterocycles. The van der Waals surface area contributed by atoms with Crippen molar-refractivity contribution in [3.8, 4) is 0 Å². The quantitative estimate of drug-likeness (QED) is 0.0356. The number of rotatable bonds is 44. The standard InChI is InChI=1S/C77H124O4/c1-13-25-37-57-49-61(41-29-17-5)69(62(50-57)42-30-18-6)73(78)77(74(79)70-63(43-31-19-7)51-58(38-26-14-2)52-64(70)44-32-20-8,75(80)71-65(45-33-21-9)53-59(39-27-15-3)54-66(71)46-34-22-10)76(81)72-67(47-35-23-11)55-60(40-28-16-4)56-68(72)48-36-24-12/h49-56,73-76,78-81H,13-48H2,1-12H3. The first kappa shape index (κ1) is 70.2. The fraction of sp³-hybridized carbons (Fsp3) is 0.688. The van der Waals surface area contributed by atoms with Gasteiger partial charge in [-0.05, 0) is 243 Å². The van der Waals surface area contributed by atoms with Crippen LogP contribution in [0.5, 0.6) is 0 Å². The van der Waals surface area contributed by atoms with Crippen molar-refractivity contribution in [2.75, 3.05) is 0 Å². The summed E-state index contributed by atoms with van der Waals surface area (Å²) in [6, 6.07) is 19.1. The lowest BCUT2D eigenvalue weighted by atomic mass is 9.58. The van der Waals surface area contributed by atoms with Gasteiger partial charge in [-0.25, -0.2) is 0 Å². The maximum Gasteiger partial charge on any atom is 0.0936 e. The maximum atomic E-state index is 15.2. The van der Waals surface area contributed by atoms with Crippen molar-refractivity contribution in [1.82, 2.24) is 0 Å². The van der Waals surface area contributed by atoms with Gasteiger partial charge in [0.05, 0.1) is 29.8 Å². The Labute approximate surface area is 499 Å². The number of aryl methyl sites for hydroxylation is 12. The van der Waals surface area contributed by atoms with Gasteiger partial charge in [-0.3, -0.25) is 0 Å². The molecule has 456 valence electrons. The summed E-state index contributed by atoms with van der Waals surface area (Å²) in [4.78, 5) is 0. The van der Waals surface area contributed by atoms with Gasteiger partial charge >= 0.3 is 0 Å². The van der Waals surface area contributed by atoms with Crippen LogP contribution in [0.3, 0.4) is 0 Å². The molecule has 4 rings (SSSR count). The molecule has 0 bridgehead atoms. The molecule has 4 aromatic carbocycles. The molecular weight excluding hydrogens is 989 g/mol. The summed E-state index contributed by atoms with van der Waals surface area (Å²) in [5, 5.41) is 60.7. The van der Waals surface area contributed by atoms with Crippen LogP contribution in [0, 0.1) is 5.41 Å². The minimum atomic E-state index is -1.97. The summed E-state index contributed by atoms with van der Waals surface area (Å²) in [7, 11) is 0. The van der Waals surface area contributed by atoms with E-state index in [1.807, 2.05) is 0 Å². The maximum absolute atomic E-state index is 15.2. The van der Waals surface area contributed by atoms with Gasteiger partial charge in [-0.1, -0.05) is 209 Å². The Balaban J connectivity index is 2.56. The molecule has 4 nitrogen and oxygen atoms in total. The molecule has 0 amide bonds. The lowest BCUT2D eigenvalue weighted by Crippen LogP contribution is -2.48. The molecule has 4 unspecified atom stereocenters. The van der Waals surface area contributed by atoms with E-state index in [2.05, 4.69) is 132 Å². The SMILES string of the molecule is CCCCc1cc(CCCC)c(C(O)C(C(O)c2c(CCCC)cc(CCCC)cc2CCCC)(C(O)c2c(CCCC)cc(CCCC)cc2CCCC)C(O)c2c(CCCC)cc(CCCC)cc2CCCC)c(CCCC)c1. The molecule has 0 saturated heterocycles. The van der Waals surface area contributed by atoms with E-state index in [0.29, 0.717) is 0 Å². The Morgan fingerprint density at radius 1 is 0.222 bits per heavy atom. The van der Waals surface area contributed by atoms with E-state index < -0.39 is 29.8 Å². The second-order valence-corrected chi connectivity index (χ2v) is 25.2. The highest BCUT2D eigenvalue weighted by molar-refractivity contribution is 5.52. The Bertz CT molecular complexity index is 1920. The van der Waals surface area contributed by atoms with Crippen molar-refractivity contribution < 1.29 is 20.4 Å². The first-order valence-corrected chi connectivity index (χ1v) is 34.7. The average Bonchev–Trinajstić information content (AvgIpc) is 3.06. The number of aliphatic hydroxyl groups excluding tert-OH is 4. The van der Waals surface area contributed by atoms with Crippen LogP contribution in [0.1, 0.15) is 351 Å². The van der Waals surface area contributed by atoms with Gasteiger partial charge in [-0.15, -0.1) is 0 Å². The molecule has 0 spiro atoms. The molecule has 4 aromatic rings. The fourth-order valence-corrected chi connectivity index (χ4v) is 13.4. The number of hydrogen-bond donors (Lipinski definition) is 4. The number of hydrogen-bond acceptors (Lipinski definition) is 4. The minimum absolute atomic E-state index is 0.779. The molecular formula is C77H124O4. The summed E-state index contributed by atoms with van der Waals surface area (Å²) in [5.74, 6) is 0. The van der Waals surface area contributed by atoms with Crippen LogP contribution in [0.2, 0.25) is 0 Å². The molecule has 4 N–H and O–H groups in total. The normalized spacial score (nSPS) is 14.1. The summed E-state index contributed by atoms with van der Waals surface area (Å²) >= 11 is 0. The third-order valence-corrected chi connectivity index (χ3v) is 18.3. The van der Waals surface area contributed by atoms with Crippen LogP contribution in [0.15, 0.2) is 48.5 Å². The Morgan fingerprint density at radius 2 is 0.346 bits per heavy atom. The largest absolute Gasteiger partial charge is 0.387 e. The summed E-state index contributed by atoms with van der Waals surface area (Å²) in [5.41, 5.74) is 15.6. The van der Waals surface area contributed by atoms with Gasteiger partial charge in [0.25, 0.3) is 0 Å². The van der Waals surface area contributed by atoms with Crippen molar-refractivity contribution in [3.05, 3.63) is 138 Å². The summed E-state index contributed by atoms with van der Waals surface area (Å²) < 4.78 is 0. The highest BCUT2D eigenvalue weighted by atomic mass is 16.3. The predicted octanol–water partition coefficient (Wildman–Crippen LogP) is 21.0. The van der Waals surface area contributed by atoms with Crippen LogP contribution >= 0.6 is 0 Å². The van der Waals surface area contributed by atoms with Crippen LogP contribution in [-0.2, 0) is 77.0 Å². The van der Waals surface area contributed by atoms with Crippen molar-refractivity contribution in [2.24, 2.45) is 5.41 Å². The Hall–Kier alpha value is -3.28. The van der Waals surface area contributed by atoms with Crippen molar-refractivity contribution in [1.29, 1.82) is 0 Å². The lowest BCUT2D eigenvalue weighted by Gasteiger charge is -2.51. The molecule has 81 heavy (non-hydrogen) atoms. The Kier molecular flexibility index (Phi) is 33.5. The number of unbranched alkanes of at least 4 members (excludes halogenated alkanes) is 12. The Morgan fingerprint density at radius 3 is 0.469 bits per heavy atom. The molecule has 0 aliphatic carbocycles. The molecule has 0 aromatic heterocycles. The molecule has 0 aliphatic rings. The van der Waals surface area contributed by atoms with E-state index >= 15 is 20.4 Å². The van der Waals surface area contributed by atoms with E-state index in [9.17, 15) is 0 Å². The molecule has 4 heteroatoms. The smallest absolute Gasteiger partial charge is 0.0936 e. The van der Waals surface area contributed by atoms with Gasteiger partial charge in [-0.2, -0.15) is 0 Å². The van der Waals surface area contributed by atoms with E-state index in [-0.39, 0.29) is 0 Å². The number of aliphatic hydroxyl groups is 4. The van der Waals surface area contributed by atoms with Crippen molar-refractivity contribution in [3.63, 3.8) is 0 Å². The summed E-state index contributed by atoms with van der Waals surface area (Å²) in [6.45, 7) is 27.2. The third kappa shape index (κ3) is 19.4. The number of benzene rings is 4. The molecule has 0 radical (unpaired) electrons. The highest BCUT2D eigenvalue weighted by Crippen LogP contribution is 2.63. The van der Waals surface area contributed by atoms with Crippen LogP contribution in [-0.4, -0.2) is 20.4 Å². The van der Waals surface area contributed by atoms with Crippen molar-refractivity contribution in [2.45, 2.75) is 339 Å². The average molecular weight is 1110 g/mol. The fourth-order valence-electron chi connectivity index (χ4n) is 13.4. The molecule has 0 saturated carbocycles.